The Kier molecular flexibility index (Phi) is 3.09. The highest BCUT2D eigenvalue weighted by molar-refractivity contribution is 5.85. The number of fused-ring (bicyclic) bond motifs is 3. The Morgan fingerprint density at radius 3 is 3.00 bits per heavy atom. The van der Waals surface area contributed by atoms with E-state index >= 15 is 0 Å². The van der Waals surface area contributed by atoms with E-state index in [1.54, 1.807) is 10.8 Å². The van der Waals surface area contributed by atoms with Gasteiger partial charge in [-0.1, -0.05) is 0 Å². The van der Waals surface area contributed by atoms with Gasteiger partial charge in [0.2, 0.25) is 0 Å². The van der Waals surface area contributed by atoms with E-state index in [4.69, 9.17) is 20.0 Å². The van der Waals surface area contributed by atoms with Crippen LogP contribution in [0.4, 0.5) is 0 Å². The lowest BCUT2D eigenvalue weighted by atomic mass is 10.1. The summed E-state index contributed by atoms with van der Waals surface area (Å²) in [5.74, 6) is 0. The monoisotopic (exact) mass is 261 g/mol. The summed E-state index contributed by atoms with van der Waals surface area (Å²) in [6.07, 6.45) is -0.930. The molecule has 4 atom stereocenters. The minimum absolute atomic E-state index is 0. The van der Waals surface area contributed by atoms with Gasteiger partial charge in [0, 0.05) is 6.20 Å². The van der Waals surface area contributed by atoms with Crippen molar-refractivity contribution in [3.8, 4) is 6.01 Å². The Morgan fingerprint density at radius 1 is 1.53 bits per heavy atom. The highest BCUT2D eigenvalue weighted by Crippen LogP contribution is 2.38. The summed E-state index contributed by atoms with van der Waals surface area (Å²) in [6, 6.07) is 1.77. The second kappa shape index (κ2) is 4.26. The Hall–Kier alpha value is -1.15. The van der Waals surface area contributed by atoms with E-state index in [0.717, 1.165) is 0 Å². The predicted molar refractivity (Wildman–Crippen MR) is 56.7 cm³/mol. The maximum absolute atomic E-state index is 9.80. The number of nitrogens with one attached hydrogen (secondary N) is 1. The molecule has 1 saturated heterocycles. The smallest absolute Gasteiger partial charge is 0.301 e. The summed E-state index contributed by atoms with van der Waals surface area (Å²) >= 11 is 0. The first-order chi connectivity index (χ1) is 7.70. The molecule has 0 spiro atoms. The SMILES string of the molecule is Cl.N=c1ccn2c(n1)O[C@H]1C(O)[C@@H](CO)O[C@H]12. The summed E-state index contributed by atoms with van der Waals surface area (Å²) in [6.45, 7) is -0.253. The van der Waals surface area contributed by atoms with Crippen LogP contribution in [0, 0.1) is 5.41 Å². The van der Waals surface area contributed by atoms with Crippen molar-refractivity contribution in [2.75, 3.05) is 6.61 Å². The molecule has 0 aromatic carbocycles. The predicted octanol–water partition coefficient (Wildman–Crippen LogP) is -1.20. The maximum Gasteiger partial charge on any atom is 0.301 e. The van der Waals surface area contributed by atoms with Crippen molar-refractivity contribution in [3.05, 3.63) is 17.8 Å². The summed E-state index contributed by atoms with van der Waals surface area (Å²) in [5.41, 5.74) is 0.0967. The number of aliphatic hydroxyl groups excluding tert-OH is 2. The molecule has 2 aliphatic rings. The standard InChI is InChI=1S/C9H11N3O4.ClH/c10-5-1-2-12-8-7(16-9(12)11-5)6(14)4(3-13)15-8;/h1-2,4,6-8,10,13-14H,3H2;1H/t4-,6?,7+,8-;/m1./s1. The van der Waals surface area contributed by atoms with Crippen molar-refractivity contribution >= 4 is 12.4 Å². The molecule has 7 nitrogen and oxygen atoms in total. The number of aromatic nitrogens is 2. The molecule has 1 aromatic heterocycles. The van der Waals surface area contributed by atoms with Crippen LogP contribution in [0.25, 0.3) is 0 Å². The lowest BCUT2D eigenvalue weighted by Gasteiger charge is -2.14. The number of nitrogens with zero attached hydrogens (tertiary/aromatic N) is 2. The Balaban J connectivity index is 0.00000108. The zero-order chi connectivity index (χ0) is 11.3. The normalized spacial score (nSPS) is 33.5. The number of ether oxygens (including phenoxy) is 2. The van der Waals surface area contributed by atoms with Crippen LogP contribution in [0.2, 0.25) is 0 Å². The molecular weight excluding hydrogens is 250 g/mol. The van der Waals surface area contributed by atoms with Gasteiger partial charge < -0.3 is 19.7 Å². The van der Waals surface area contributed by atoms with Crippen LogP contribution in [0.5, 0.6) is 6.01 Å². The summed E-state index contributed by atoms with van der Waals surface area (Å²) in [7, 11) is 0. The summed E-state index contributed by atoms with van der Waals surface area (Å²) in [5, 5.41) is 26.1. The van der Waals surface area contributed by atoms with Crippen LogP contribution >= 0.6 is 12.4 Å². The van der Waals surface area contributed by atoms with Crippen molar-refractivity contribution in [3.63, 3.8) is 0 Å². The van der Waals surface area contributed by atoms with Gasteiger partial charge >= 0.3 is 6.01 Å². The first kappa shape index (κ1) is 12.3. The zero-order valence-corrected chi connectivity index (χ0v) is 9.50. The van der Waals surface area contributed by atoms with Crippen LogP contribution < -0.4 is 10.2 Å². The number of rotatable bonds is 1. The molecule has 8 heteroatoms. The fraction of sp³-hybridized carbons (Fsp3) is 0.556. The lowest BCUT2D eigenvalue weighted by molar-refractivity contribution is -0.0434. The molecule has 0 aliphatic carbocycles. The molecule has 1 fully saturated rings. The van der Waals surface area contributed by atoms with Crippen LogP contribution in [-0.2, 0) is 4.74 Å². The van der Waals surface area contributed by atoms with E-state index in [2.05, 4.69) is 4.98 Å². The Bertz CT molecular complexity index is 480. The van der Waals surface area contributed by atoms with Crippen LogP contribution in [0.1, 0.15) is 6.23 Å². The van der Waals surface area contributed by atoms with Crippen LogP contribution in [-0.4, -0.2) is 44.7 Å². The zero-order valence-electron chi connectivity index (χ0n) is 8.68. The van der Waals surface area contributed by atoms with Crippen LogP contribution in [0.15, 0.2) is 12.3 Å². The van der Waals surface area contributed by atoms with Gasteiger partial charge in [0.05, 0.1) is 6.61 Å². The topological polar surface area (TPSA) is 101 Å². The molecule has 2 aliphatic heterocycles. The largest absolute Gasteiger partial charge is 0.454 e. The molecule has 3 N–H and O–H groups in total. The van der Waals surface area contributed by atoms with Gasteiger partial charge in [0.15, 0.2) is 17.8 Å². The van der Waals surface area contributed by atoms with Crippen molar-refractivity contribution in [2.45, 2.75) is 24.5 Å². The molecule has 3 heterocycles. The Morgan fingerprint density at radius 2 is 2.29 bits per heavy atom. The molecule has 3 rings (SSSR count). The maximum atomic E-state index is 9.80. The van der Waals surface area contributed by atoms with E-state index < -0.39 is 24.5 Å². The van der Waals surface area contributed by atoms with E-state index in [1.165, 1.54) is 6.07 Å². The fourth-order valence-electron chi connectivity index (χ4n) is 2.04. The first-order valence-corrected chi connectivity index (χ1v) is 4.95. The molecule has 1 unspecified atom stereocenters. The molecule has 0 saturated carbocycles. The third-order valence-corrected chi connectivity index (χ3v) is 2.84. The number of hydrogen-bond donors (Lipinski definition) is 3. The highest BCUT2D eigenvalue weighted by Gasteiger charge is 2.50. The molecule has 0 amide bonds. The quantitative estimate of drug-likeness (QED) is 0.589. The van der Waals surface area contributed by atoms with Crippen LogP contribution in [0.3, 0.4) is 0 Å². The third kappa shape index (κ3) is 1.71. The average molecular weight is 262 g/mol. The fourth-order valence-corrected chi connectivity index (χ4v) is 2.04. The minimum atomic E-state index is -0.883. The molecule has 94 valence electrons. The van der Waals surface area contributed by atoms with E-state index in [-0.39, 0.29) is 30.5 Å². The van der Waals surface area contributed by atoms with E-state index in [9.17, 15) is 5.11 Å². The van der Waals surface area contributed by atoms with Crippen molar-refractivity contribution in [1.29, 1.82) is 5.41 Å². The van der Waals surface area contributed by atoms with Gasteiger partial charge in [-0.3, -0.25) is 9.98 Å². The van der Waals surface area contributed by atoms with Gasteiger partial charge in [-0.05, 0) is 6.07 Å². The number of halogens is 1. The van der Waals surface area contributed by atoms with E-state index in [0.29, 0.717) is 0 Å². The molecule has 0 bridgehead atoms. The van der Waals surface area contributed by atoms with Gasteiger partial charge in [-0.25, -0.2) is 0 Å². The molecule has 17 heavy (non-hydrogen) atoms. The van der Waals surface area contributed by atoms with E-state index in [1.807, 2.05) is 0 Å². The second-order valence-electron chi connectivity index (χ2n) is 3.82. The highest BCUT2D eigenvalue weighted by atomic mass is 35.5. The number of aliphatic hydroxyl groups is 2. The molecule has 0 radical (unpaired) electrons. The lowest BCUT2D eigenvalue weighted by Crippen LogP contribution is -2.34. The van der Waals surface area contributed by atoms with Gasteiger partial charge in [-0.2, -0.15) is 4.98 Å². The van der Waals surface area contributed by atoms with Crippen molar-refractivity contribution < 1.29 is 19.7 Å². The van der Waals surface area contributed by atoms with Crippen molar-refractivity contribution in [1.82, 2.24) is 9.55 Å². The minimum Gasteiger partial charge on any atom is -0.454 e. The van der Waals surface area contributed by atoms with Gasteiger partial charge in [0.25, 0.3) is 0 Å². The summed E-state index contributed by atoms with van der Waals surface area (Å²) in [4.78, 5) is 3.88. The molecule has 1 aromatic rings. The number of hydrogen-bond acceptors (Lipinski definition) is 6. The third-order valence-electron chi connectivity index (χ3n) is 2.84. The first-order valence-electron chi connectivity index (χ1n) is 4.95. The molecular formula is C9H12ClN3O4. The van der Waals surface area contributed by atoms with Gasteiger partial charge in [0.1, 0.15) is 12.2 Å². The Labute approximate surface area is 103 Å². The van der Waals surface area contributed by atoms with Gasteiger partial charge in [-0.15, -0.1) is 12.4 Å². The van der Waals surface area contributed by atoms with Crippen molar-refractivity contribution in [2.24, 2.45) is 0 Å². The second-order valence-corrected chi connectivity index (χ2v) is 3.82. The summed E-state index contributed by atoms with van der Waals surface area (Å²) < 4.78 is 12.5. The average Bonchev–Trinajstić information content (AvgIpc) is 2.75.